The van der Waals surface area contributed by atoms with E-state index in [0.29, 0.717) is 31.9 Å². The molecule has 152 valence electrons. The van der Waals surface area contributed by atoms with Gasteiger partial charge < -0.3 is 14.8 Å². The fourth-order valence-electron chi connectivity index (χ4n) is 2.90. The summed E-state index contributed by atoms with van der Waals surface area (Å²) < 4.78 is 10.8. The van der Waals surface area contributed by atoms with Gasteiger partial charge in [0, 0.05) is 30.0 Å². The van der Waals surface area contributed by atoms with Crippen molar-refractivity contribution >= 4 is 28.6 Å². The number of amides is 1. The van der Waals surface area contributed by atoms with Crippen molar-refractivity contribution in [1.82, 2.24) is 10.3 Å². The number of hydrogen-bond acceptors (Lipinski definition) is 5. The molecule has 0 spiro atoms. The van der Waals surface area contributed by atoms with Gasteiger partial charge in [-0.1, -0.05) is 30.0 Å². The molecule has 1 N–H and O–H groups in total. The molecule has 3 rings (SSSR count). The fraction of sp³-hybridized carbons (Fsp3) is 0.304. The van der Waals surface area contributed by atoms with E-state index in [1.807, 2.05) is 68.4 Å². The van der Waals surface area contributed by atoms with Crippen LogP contribution < -0.4 is 10.1 Å². The van der Waals surface area contributed by atoms with E-state index in [4.69, 9.17) is 14.5 Å². The molecule has 0 atom stereocenters. The van der Waals surface area contributed by atoms with Crippen molar-refractivity contribution in [2.24, 2.45) is 0 Å². The Morgan fingerprint density at radius 3 is 2.62 bits per heavy atom. The largest absolute Gasteiger partial charge is 0.494 e. The maximum absolute atomic E-state index is 12.8. The average molecular weight is 411 g/mol. The van der Waals surface area contributed by atoms with Crippen LogP contribution in [0.4, 0.5) is 0 Å². The Hall–Kier alpha value is -2.57. The molecule has 0 saturated carbocycles. The third-order valence-corrected chi connectivity index (χ3v) is 5.18. The van der Waals surface area contributed by atoms with E-state index >= 15 is 0 Å². The highest BCUT2D eigenvalue weighted by Gasteiger charge is 2.13. The van der Waals surface area contributed by atoms with E-state index in [1.165, 1.54) is 11.8 Å². The lowest BCUT2D eigenvalue weighted by atomic mass is 10.1. The van der Waals surface area contributed by atoms with Gasteiger partial charge in [0.25, 0.3) is 5.91 Å². The molecule has 3 aromatic rings. The lowest BCUT2D eigenvalue weighted by molar-refractivity contribution is 0.0945. The van der Waals surface area contributed by atoms with Gasteiger partial charge in [-0.3, -0.25) is 4.79 Å². The molecule has 0 radical (unpaired) electrons. The Balaban J connectivity index is 1.79. The Bertz CT molecular complexity index is 945. The number of aromatic nitrogens is 1. The molecule has 0 saturated heterocycles. The molecule has 29 heavy (non-hydrogen) atoms. The van der Waals surface area contributed by atoms with Crippen molar-refractivity contribution in [3.63, 3.8) is 0 Å². The smallest absolute Gasteiger partial charge is 0.252 e. The number of fused-ring (bicyclic) bond motifs is 1. The van der Waals surface area contributed by atoms with Gasteiger partial charge in [0.05, 0.1) is 17.7 Å². The number of nitrogens with zero attached hydrogens (tertiary/aromatic N) is 1. The SMILES string of the molecule is CCOCCCNC(=O)c1cc(Sc2ccc(OCC)cc2)nc2ccccc12. The highest BCUT2D eigenvalue weighted by molar-refractivity contribution is 7.99. The molecule has 1 aromatic heterocycles. The predicted molar refractivity (Wildman–Crippen MR) is 117 cm³/mol. The number of benzene rings is 2. The van der Waals surface area contributed by atoms with E-state index in [2.05, 4.69) is 5.32 Å². The van der Waals surface area contributed by atoms with Gasteiger partial charge in [-0.2, -0.15) is 0 Å². The summed E-state index contributed by atoms with van der Waals surface area (Å²) in [5.74, 6) is 0.754. The third-order valence-electron chi connectivity index (χ3n) is 4.25. The Kier molecular flexibility index (Phi) is 7.90. The minimum absolute atomic E-state index is 0.0892. The van der Waals surface area contributed by atoms with Crippen molar-refractivity contribution in [2.75, 3.05) is 26.4 Å². The maximum Gasteiger partial charge on any atom is 0.252 e. The predicted octanol–water partition coefficient (Wildman–Crippen LogP) is 4.94. The first kappa shape index (κ1) is 21.1. The third kappa shape index (κ3) is 5.95. The number of nitrogens with one attached hydrogen (secondary N) is 1. The van der Waals surface area contributed by atoms with Crippen LogP contribution >= 0.6 is 11.8 Å². The zero-order valence-electron chi connectivity index (χ0n) is 16.8. The highest BCUT2D eigenvalue weighted by Crippen LogP contribution is 2.30. The number of carbonyl (C=O) groups excluding carboxylic acids is 1. The standard InChI is InChI=1S/C23H26N2O3S/c1-3-27-15-7-14-24-23(26)20-16-22(25-21-9-6-5-8-19(20)21)29-18-12-10-17(11-13-18)28-4-2/h5-6,8-13,16H,3-4,7,14-15H2,1-2H3,(H,24,26). The van der Waals surface area contributed by atoms with Gasteiger partial charge in [-0.15, -0.1) is 0 Å². The summed E-state index contributed by atoms with van der Waals surface area (Å²) in [6.45, 7) is 6.48. The first-order valence-corrected chi connectivity index (χ1v) is 10.7. The van der Waals surface area contributed by atoms with Gasteiger partial charge >= 0.3 is 0 Å². The summed E-state index contributed by atoms with van der Waals surface area (Å²) in [5.41, 5.74) is 1.45. The molecule has 0 fully saturated rings. The Morgan fingerprint density at radius 2 is 1.86 bits per heavy atom. The molecule has 6 heteroatoms. The topological polar surface area (TPSA) is 60.5 Å². The second-order valence-electron chi connectivity index (χ2n) is 6.34. The maximum atomic E-state index is 12.8. The minimum Gasteiger partial charge on any atom is -0.494 e. The first-order valence-electron chi connectivity index (χ1n) is 9.87. The van der Waals surface area contributed by atoms with Gasteiger partial charge in [-0.05, 0) is 56.7 Å². The van der Waals surface area contributed by atoms with Crippen molar-refractivity contribution < 1.29 is 14.3 Å². The number of ether oxygens (including phenoxy) is 2. The molecule has 2 aromatic carbocycles. The number of rotatable bonds is 10. The van der Waals surface area contributed by atoms with Crippen molar-refractivity contribution in [3.8, 4) is 5.75 Å². The number of pyridine rings is 1. The molecule has 0 bridgehead atoms. The zero-order chi connectivity index (χ0) is 20.5. The summed E-state index contributed by atoms with van der Waals surface area (Å²) in [6.07, 6.45) is 0.788. The molecule has 0 aliphatic rings. The van der Waals surface area contributed by atoms with E-state index in [1.54, 1.807) is 0 Å². The molecular formula is C23H26N2O3S. The van der Waals surface area contributed by atoms with Crippen LogP contribution in [0.3, 0.4) is 0 Å². The Labute approximate surface area is 175 Å². The molecule has 5 nitrogen and oxygen atoms in total. The monoisotopic (exact) mass is 410 g/mol. The lowest BCUT2D eigenvalue weighted by Gasteiger charge is -2.11. The first-order chi connectivity index (χ1) is 14.2. The normalized spacial score (nSPS) is 10.8. The lowest BCUT2D eigenvalue weighted by Crippen LogP contribution is -2.25. The van der Waals surface area contributed by atoms with E-state index in [-0.39, 0.29) is 5.91 Å². The van der Waals surface area contributed by atoms with Gasteiger partial charge in [0.1, 0.15) is 10.8 Å². The summed E-state index contributed by atoms with van der Waals surface area (Å²) in [5, 5.41) is 4.63. The molecule has 0 aliphatic heterocycles. The van der Waals surface area contributed by atoms with Crippen LogP contribution in [-0.4, -0.2) is 37.3 Å². The summed E-state index contributed by atoms with van der Waals surface area (Å²) in [4.78, 5) is 18.6. The van der Waals surface area contributed by atoms with Crippen LogP contribution in [0.2, 0.25) is 0 Å². The number of carbonyl (C=O) groups is 1. The van der Waals surface area contributed by atoms with E-state index < -0.39 is 0 Å². The zero-order valence-corrected chi connectivity index (χ0v) is 17.6. The van der Waals surface area contributed by atoms with Gasteiger partial charge in [0.2, 0.25) is 0 Å². The van der Waals surface area contributed by atoms with Crippen LogP contribution in [-0.2, 0) is 4.74 Å². The minimum atomic E-state index is -0.0892. The van der Waals surface area contributed by atoms with Crippen LogP contribution in [0.5, 0.6) is 5.75 Å². The summed E-state index contributed by atoms with van der Waals surface area (Å²) in [6, 6.07) is 17.5. The van der Waals surface area contributed by atoms with E-state index in [9.17, 15) is 4.79 Å². The molecular weight excluding hydrogens is 384 g/mol. The molecule has 0 aliphatic carbocycles. The Morgan fingerprint density at radius 1 is 1.07 bits per heavy atom. The fourth-order valence-corrected chi connectivity index (χ4v) is 3.73. The van der Waals surface area contributed by atoms with Crippen LogP contribution in [0.15, 0.2) is 64.5 Å². The number of hydrogen-bond donors (Lipinski definition) is 1. The van der Waals surface area contributed by atoms with Crippen LogP contribution in [0.25, 0.3) is 10.9 Å². The summed E-state index contributed by atoms with van der Waals surface area (Å²) in [7, 11) is 0. The van der Waals surface area contributed by atoms with Crippen molar-refractivity contribution in [2.45, 2.75) is 30.2 Å². The summed E-state index contributed by atoms with van der Waals surface area (Å²) >= 11 is 1.53. The molecule has 1 heterocycles. The van der Waals surface area contributed by atoms with Gasteiger partial charge in [0.15, 0.2) is 0 Å². The number of para-hydroxylation sites is 1. The van der Waals surface area contributed by atoms with Gasteiger partial charge in [-0.25, -0.2) is 4.98 Å². The second kappa shape index (κ2) is 10.8. The molecule has 0 unspecified atom stereocenters. The highest BCUT2D eigenvalue weighted by atomic mass is 32.2. The molecule has 1 amide bonds. The second-order valence-corrected chi connectivity index (χ2v) is 7.43. The van der Waals surface area contributed by atoms with Crippen molar-refractivity contribution in [3.05, 3.63) is 60.2 Å². The van der Waals surface area contributed by atoms with Crippen LogP contribution in [0.1, 0.15) is 30.6 Å². The van der Waals surface area contributed by atoms with Crippen LogP contribution in [0, 0.1) is 0 Å². The van der Waals surface area contributed by atoms with Crippen molar-refractivity contribution in [1.29, 1.82) is 0 Å². The average Bonchev–Trinajstić information content (AvgIpc) is 2.74. The quantitative estimate of drug-likeness (QED) is 0.480. The van der Waals surface area contributed by atoms with E-state index in [0.717, 1.165) is 33.0 Å².